The lowest BCUT2D eigenvalue weighted by Crippen LogP contribution is -1.85. The van der Waals surface area contributed by atoms with E-state index in [4.69, 9.17) is 9.84 Å². The van der Waals surface area contributed by atoms with Crippen molar-refractivity contribution < 1.29 is 4.74 Å². The Kier molecular flexibility index (Phi) is 3.16. The molecule has 1 aromatic carbocycles. The second-order valence-corrected chi connectivity index (χ2v) is 7.49. The van der Waals surface area contributed by atoms with Crippen LogP contribution >= 0.6 is 22.7 Å². The van der Waals surface area contributed by atoms with Crippen LogP contribution in [-0.2, 0) is 7.05 Å². The molecule has 0 unspecified atom stereocenters. The van der Waals surface area contributed by atoms with Crippen LogP contribution in [0.5, 0.6) is 5.75 Å². The van der Waals surface area contributed by atoms with Gasteiger partial charge < -0.3 is 9.30 Å². The van der Waals surface area contributed by atoms with E-state index in [1.54, 1.807) is 36.0 Å². The third-order valence-corrected chi connectivity index (χ3v) is 5.87. The number of fused-ring (bicyclic) bond motifs is 2. The first-order chi connectivity index (χ1) is 12.2. The molecule has 0 fully saturated rings. The number of imidazole rings is 1. The molecule has 5 aromatic rings. The summed E-state index contributed by atoms with van der Waals surface area (Å²) in [6.45, 7) is 0. The molecule has 0 atom stereocenters. The molecule has 0 saturated heterocycles. The summed E-state index contributed by atoms with van der Waals surface area (Å²) in [5.74, 6) is 0.840. The van der Waals surface area contributed by atoms with Crippen LogP contribution in [0.4, 0.5) is 0 Å². The van der Waals surface area contributed by atoms with Crippen molar-refractivity contribution in [3.63, 3.8) is 0 Å². The van der Waals surface area contributed by atoms with Gasteiger partial charge in [-0.3, -0.25) is 0 Å². The fourth-order valence-electron chi connectivity index (χ4n) is 2.93. The van der Waals surface area contributed by atoms with Crippen LogP contribution in [0.15, 0.2) is 42.2 Å². The van der Waals surface area contributed by atoms with E-state index in [1.807, 2.05) is 29.2 Å². The highest BCUT2D eigenvalue weighted by Gasteiger charge is 2.16. The monoisotopic (exact) mass is 367 g/mol. The zero-order valence-corrected chi connectivity index (χ0v) is 15.1. The molecule has 4 aromatic heterocycles. The van der Waals surface area contributed by atoms with Gasteiger partial charge in [-0.1, -0.05) is 11.3 Å². The van der Waals surface area contributed by atoms with Gasteiger partial charge in [0.25, 0.3) is 0 Å². The fourth-order valence-corrected chi connectivity index (χ4v) is 4.43. The van der Waals surface area contributed by atoms with Gasteiger partial charge in [0.1, 0.15) is 21.5 Å². The SMILES string of the molecule is COc1ccc2c(c1)c(-c1nn3cc(-c4nccs4)nc3s1)cn2C. The number of ether oxygens (including phenoxy) is 1. The average molecular weight is 367 g/mol. The van der Waals surface area contributed by atoms with Gasteiger partial charge >= 0.3 is 0 Å². The Labute approximate surface area is 151 Å². The third-order valence-electron chi connectivity index (χ3n) is 4.12. The number of rotatable bonds is 3. The van der Waals surface area contributed by atoms with Gasteiger partial charge in [0, 0.05) is 41.3 Å². The maximum atomic E-state index is 5.37. The van der Waals surface area contributed by atoms with Gasteiger partial charge in [0.15, 0.2) is 0 Å². The summed E-state index contributed by atoms with van der Waals surface area (Å²) >= 11 is 3.15. The topological polar surface area (TPSA) is 57.2 Å². The Morgan fingerprint density at radius 3 is 2.84 bits per heavy atom. The number of hydrogen-bond donors (Lipinski definition) is 0. The van der Waals surface area contributed by atoms with Crippen LogP contribution in [0, 0.1) is 0 Å². The molecule has 0 N–H and O–H groups in total. The summed E-state index contributed by atoms with van der Waals surface area (Å²) in [6.07, 6.45) is 5.82. The molecule has 4 heterocycles. The van der Waals surface area contributed by atoms with Gasteiger partial charge in [-0.25, -0.2) is 14.5 Å². The van der Waals surface area contributed by atoms with Gasteiger partial charge in [-0.15, -0.1) is 11.3 Å². The lowest BCUT2D eigenvalue weighted by atomic mass is 10.2. The number of nitrogens with zero attached hydrogens (tertiary/aromatic N) is 5. The normalized spacial score (nSPS) is 11.6. The predicted octanol–water partition coefficient (Wildman–Crippen LogP) is 4.08. The first kappa shape index (κ1) is 14.6. The van der Waals surface area contributed by atoms with Gasteiger partial charge in [0.05, 0.1) is 13.3 Å². The smallest absolute Gasteiger partial charge is 0.213 e. The van der Waals surface area contributed by atoms with Crippen molar-refractivity contribution in [3.8, 4) is 27.0 Å². The molecule has 0 aliphatic heterocycles. The molecule has 0 aliphatic carbocycles. The van der Waals surface area contributed by atoms with E-state index in [0.717, 1.165) is 42.9 Å². The second-order valence-electron chi connectivity index (χ2n) is 5.63. The Balaban J connectivity index is 1.65. The van der Waals surface area contributed by atoms with Gasteiger partial charge in [-0.2, -0.15) is 5.10 Å². The van der Waals surface area contributed by atoms with Crippen LogP contribution in [-0.4, -0.2) is 31.3 Å². The highest BCUT2D eigenvalue weighted by molar-refractivity contribution is 7.20. The summed E-state index contributed by atoms with van der Waals surface area (Å²) in [6, 6.07) is 6.09. The number of benzene rings is 1. The van der Waals surface area contributed by atoms with Crippen molar-refractivity contribution in [3.05, 3.63) is 42.2 Å². The number of aromatic nitrogens is 5. The van der Waals surface area contributed by atoms with E-state index in [0.29, 0.717) is 0 Å². The molecule has 8 heteroatoms. The zero-order chi connectivity index (χ0) is 17.0. The lowest BCUT2D eigenvalue weighted by molar-refractivity contribution is 0.415. The molecule has 0 amide bonds. The number of thiazole rings is 1. The molecule has 6 nitrogen and oxygen atoms in total. The molecule has 5 rings (SSSR count). The Morgan fingerprint density at radius 1 is 1.16 bits per heavy atom. The largest absolute Gasteiger partial charge is 0.497 e. The van der Waals surface area contributed by atoms with Crippen LogP contribution in [0.2, 0.25) is 0 Å². The molecular formula is C17H13N5OS2. The third kappa shape index (κ3) is 2.25. The average Bonchev–Trinajstić information content (AvgIpc) is 3.36. The summed E-state index contributed by atoms with van der Waals surface area (Å²) < 4.78 is 9.31. The first-order valence-corrected chi connectivity index (χ1v) is 9.32. The molecule has 0 radical (unpaired) electrons. The minimum atomic E-state index is 0.840. The number of aryl methyl sites for hydroxylation is 1. The molecule has 0 bridgehead atoms. The molecular weight excluding hydrogens is 354 g/mol. The molecule has 0 saturated carbocycles. The van der Waals surface area contributed by atoms with Gasteiger partial charge in [0.2, 0.25) is 4.96 Å². The standard InChI is InChI=1S/C17H13N5OS2/c1-21-8-12(11-7-10(23-2)3-4-14(11)21)15-20-22-9-13(19-17(22)25-15)16-18-5-6-24-16/h3-9H,1-2H3. The Morgan fingerprint density at radius 2 is 2.08 bits per heavy atom. The maximum absolute atomic E-state index is 5.37. The summed E-state index contributed by atoms with van der Waals surface area (Å²) in [4.78, 5) is 9.83. The van der Waals surface area contributed by atoms with E-state index in [1.165, 1.54) is 0 Å². The maximum Gasteiger partial charge on any atom is 0.213 e. The second kappa shape index (κ2) is 5.40. The van der Waals surface area contributed by atoms with E-state index in [9.17, 15) is 0 Å². The van der Waals surface area contributed by atoms with Crippen LogP contribution in [0.3, 0.4) is 0 Å². The highest BCUT2D eigenvalue weighted by atomic mass is 32.1. The van der Waals surface area contributed by atoms with Crippen molar-refractivity contribution >= 4 is 38.5 Å². The lowest BCUT2D eigenvalue weighted by Gasteiger charge is -2.01. The van der Waals surface area contributed by atoms with Crippen LogP contribution in [0.25, 0.3) is 37.1 Å². The van der Waals surface area contributed by atoms with Crippen molar-refractivity contribution in [2.75, 3.05) is 7.11 Å². The summed E-state index contributed by atoms with van der Waals surface area (Å²) in [5.41, 5.74) is 3.09. The minimum absolute atomic E-state index is 0.840. The minimum Gasteiger partial charge on any atom is -0.497 e. The highest BCUT2D eigenvalue weighted by Crippen LogP contribution is 2.35. The van der Waals surface area contributed by atoms with E-state index < -0.39 is 0 Å². The fraction of sp³-hybridized carbons (Fsp3) is 0.118. The van der Waals surface area contributed by atoms with Crippen molar-refractivity contribution in [1.29, 1.82) is 0 Å². The van der Waals surface area contributed by atoms with Crippen LogP contribution < -0.4 is 4.74 Å². The Bertz CT molecular complexity index is 1170. The van der Waals surface area contributed by atoms with Crippen molar-refractivity contribution in [2.24, 2.45) is 7.05 Å². The zero-order valence-electron chi connectivity index (χ0n) is 13.5. The molecule has 0 spiro atoms. The molecule has 25 heavy (non-hydrogen) atoms. The van der Waals surface area contributed by atoms with E-state index in [-0.39, 0.29) is 0 Å². The van der Waals surface area contributed by atoms with E-state index in [2.05, 4.69) is 32.9 Å². The van der Waals surface area contributed by atoms with E-state index >= 15 is 0 Å². The quantitative estimate of drug-likeness (QED) is 0.482. The van der Waals surface area contributed by atoms with Crippen molar-refractivity contribution in [2.45, 2.75) is 0 Å². The Hall–Kier alpha value is -2.71. The van der Waals surface area contributed by atoms with Crippen LogP contribution in [0.1, 0.15) is 0 Å². The molecule has 0 aliphatic rings. The first-order valence-electron chi connectivity index (χ1n) is 7.62. The number of hydrogen-bond acceptors (Lipinski definition) is 6. The van der Waals surface area contributed by atoms with Gasteiger partial charge in [-0.05, 0) is 18.2 Å². The number of methoxy groups -OCH3 is 1. The summed E-state index contributed by atoms with van der Waals surface area (Å²) in [7, 11) is 3.72. The summed E-state index contributed by atoms with van der Waals surface area (Å²) in [5, 5.41) is 9.65. The predicted molar refractivity (Wildman–Crippen MR) is 100 cm³/mol. The van der Waals surface area contributed by atoms with Crippen molar-refractivity contribution in [1.82, 2.24) is 24.1 Å². The molecule has 124 valence electrons.